The Bertz CT molecular complexity index is 960. The third-order valence-corrected chi connectivity index (χ3v) is 5.08. The summed E-state index contributed by atoms with van der Waals surface area (Å²) in [4.78, 5) is 18.7. The van der Waals surface area contributed by atoms with E-state index in [4.69, 9.17) is 16.3 Å². The molecule has 0 bridgehead atoms. The fourth-order valence-corrected chi connectivity index (χ4v) is 3.45. The maximum atomic E-state index is 12.8. The van der Waals surface area contributed by atoms with Crippen LogP contribution in [0.2, 0.25) is 5.02 Å². The molecule has 0 N–H and O–H groups in total. The fraction of sp³-hybridized carbons (Fsp3) is 0.182. The maximum absolute atomic E-state index is 12.8. The number of nitrogens with zero attached hydrogens (tertiary/aromatic N) is 2. The van der Waals surface area contributed by atoms with Crippen molar-refractivity contribution in [1.29, 1.82) is 0 Å². The van der Waals surface area contributed by atoms with Gasteiger partial charge in [-0.2, -0.15) is 0 Å². The molecule has 136 valence electrons. The lowest BCUT2D eigenvalue weighted by Gasteiger charge is -2.20. The number of aromatic nitrogens is 1. The highest BCUT2D eigenvalue weighted by Gasteiger charge is 2.21. The molecule has 2 aromatic carbocycles. The first-order valence-corrected chi connectivity index (χ1v) is 9.26. The standard InChI is InChI=1S/C22H19ClN2O2/c23-20-4-2-1-3-18(20)14-22(26)25-11-12-27-21-6-5-17(13-19(21)15-25)16-7-9-24-10-8-16/h1-10,13H,11-12,14-15H2. The summed E-state index contributed by atoms with van der Waals surface area (Å²) >= 11 is 6.21. The van der Waals surface area contributed by atoms with E-state index in [0.29, 0.717) is 31.1 Å². The van der Waals surface area contributed by atoms with Crippen molar-refractivity contribution >= 4 is 17.5 Å². The van der Waals surface area contributed by atoms with Crippen LogP contribution in [-0.2, 0) is 17.8 Å². The van der Waals surface area contributed by atoms with Gasteiger partial charge >= 0.3 is 0 Å². The third-order valence-electron chi connectivity index (χ3n) is 4.71. The molecule has 1 aliphatic heterocycles. The number of carbonyl (C=O) groups is 1. The van der Waals surface area contributed by atoms with Crippen molar-refractivity contribution in [3.63, 3.8) is 0 Å². The van der Waals surface area contributed by atoms with Crippen LogP contribution in [-0.4, -0.2) is 28.9 Å². The molecule has 1 amide bonds. The van der Waals surface area contributed by atoms with Crippen molar-refractivity contribution < 1.29 is 9.53 Å². The number of halogens is 1. The first kappa shape index (κ1) is 17.6. The Hall–Kier alpha value is -2.85. The Morgan fingerprint density at radius 1 is 1.07 bits per heavy atom. The summed E-state index contributed by atoms with van der Waals surface area (Å²) in [6.07, 6.45) is 3.84. The van der Waals surface area contributed by atoms with Gasteiger partial charge in [0.25, 0.3) is 0 Å². The maximum Gasteiger partial charge on any atom is 0.227 e. The fourth-order valence-electron chi connectivity index (χ4n) is 3.25. The van der Waals surface area contributed by atoms with Crippen LogP contribution in [0.3, 0.4) is 0 Å². The molecule has 5 heteroatoms. The Labute approximate surface area is 163 Å². The van der Waals surface area contributed by atoms with E-state index in [0.717, 1.165) is 28.0 Å². The Morgan fingerprint density at radius 2 is 1.89 bits per heavy atom. The zero-order chi connectivity index (χ0) is 18.6. The Morgan fingerprint density at radius 3 is 2.70 bits per heavy atom. The van der Waals surface area contributed by atoms with Gasteiger partial charge in [-0.05, 0) is 47.0 Å². The molecule has 1 aliphatic rings. The molecule has 0 spiro atoms. The minimum atomic E-state index is 0.0499. The van der Waals surface area contributed by atoms with Gasteiger partial charge in [0.1, 0.15) is 12.4 Å². The van der Waals surface area contributed by atoms with Gasteiger partial charge in [-0.3, -0.25) is 9.78 Å². The molecule has 0 atom stereocenters. The number of benzene rings is 2. The van der Waals surface area contributed by atoms with Gasteiger partial charge in [-0.1, -0.05) is 35.9 Å². The van der Waals surface area contributed by atoms with Crippen molar-refractivity contribution in [3.8, 4) is 16.9 Å². The number of hydrogen-bond acceptors (Lipinski definition) is 3. The number of hydrogen-bond donors (Lipinski definition) is 0. The van der Waals surface area contributed by atoms with E-state index < -0.39 is 0 Å². The second-order valence-corrected chi connectivity index (χ2v) is 6.90. The molecule has 0 fully saturated rings. The number of rotatable bonds is 3. The average Bonchev–Trinajstić information content (AvgIpc) is 2.92. The zero-order valence-electron chi connectivity index (χ0n) is 14.8. The highest BCUT2D eigenvalue weighted by Crippen LogP contribution is 2.29. The van der Waals surface area contributed by atoms with E-state index in [9.17, 15) is 4.79 Å². The minimum Gasteiger partial charge on any atom is -0.491 e. The van der Waals surface area contributed by atoms with Gasteiger partial charge in [0.15, 0.2) is 0 Å². The molecule has 0 saturated heterocycles. The third kappa shape index (κ3) is 3.96. The van der Waals surface area contributed by atoms with E-state index in [2.05, 4.69) is 11.1 Å². The van der Waals surface area contributed by atoms with E-state index in [-0.39, 0.29) is 5.91 Å². The van der Waals surface area contributed by atoms with Gasteiger partial charge in [-0.25, -0.2) is 0 Å². The largest absolute Gasteiger partial charge is 0.491 e. The molecule has 4 rings (SSSR count). The van der Waals surface area contributed by atoms with E-state index >= 15 is 0 Å². The monoisotopic (exact) mass is 378 g/mol. The second-order valence-electron chi connectivity index (χ2n) is 6.49. The number of amides is 1. The smallest absolute Gasteiger partial charge is 0.227 e. The minimum absolute atomic E-state index is 0.0499. The number of ether oxygens (including phenoxy) is 1. The second kappa shape index (κ2) is 7.80. The van der Waals surface area contributed by atoms with Crippen LogP contribution in [0.5, 0.6) is 5.75 Å². The number of pyridine rings is 1. The van der Waals surface area contributed by atoms with Crippen molar-refractivity contribution in [2.24, 2.45) is 0 Å². The van der Waals surface area contributed by atoms with Crippen LogP contribution in [0.25, 0.3) is 11.1 Å². The van der Waals surface area contributed by atoms with Crippen LogP contribution < -0.4 is 4.74 Å². The summed E-state index contributed by atoms with van der Waals surface area (Å²) in [6, 6.07) is 17.5. The molecule has 0 unspecified atom stereocenters. The molecular formula is C22H19ClN2O2. The molecule has 4 nitrogen and oxygen atoms in total. The lowest BCUT2D eigenvalue weighted by atomic mass is 10.0. The quantitative estimate of drug-likeness (QED) is 0.679. The molecule has 27 heavy (non-hydrogen) atoms. The highest BCUT2D eigenvalue weighted by atomic mass is 35.5. The van der Waals surface area contributed by atoms with Gasteiger partial charge in [-0.15, -0.1) is 0 Å². The molecule has 0 aliphatic carbocycles. The zero-order valence-corrected chi connectivity index (χ0v) is 15.5. The highest BCUT2D eigenvalue weighted by molar-refractivity contribution is 6.31. The van der Waals surface area contributed by atoms with Crippen molar-refractivity contribution in [2.75, 3.05) is 13.2 Å². The van der Waals surface area contributed by atoms with Crippen molar-refractivity contribution in [2.45, 2.75) is 13.0 Å². The average molecular weight is 379 g/mol. The van der Waals surface area contributed by atoms with Crippen LogP contribution >= 0.6 is 11.6 Å². The normalized spacial score (nSPS) is 13.4. The van der Waals surface area contributed by atoms with Crippen LogP contribution in [0.1, 0.15) is 11.1 Å². The molecule has 0 radical (unpaired) electrons. The molecule has 3 aromatic rings. The topological polar surface area (TPSA) is 42.4 Å². The summed E-state index contributed by atoms with van der Waals surface area (Å²) in [5.41, 5.74) is 4.03. The van der Waals surface area contributed by atoms with E-state index in [1.165, 1.54) is 0 Å². The van der Waals surface area contributed by atoms with Crippen LogP contribution in [0.4, 0.5) is 0 Å². The van der Waals surface area contributed by atoms with Gasteiger partial charge in [0.2, 0.25) is 5.91 Å². The van der Waals surface area contributed by atoms with Crippen LogP contribution in [0.15, 0.2) is 67.0 Å². The molecular weight excluding hydrogens is 360 g/mol. The summed E-state index contributed by atoms with van der Waals surface area (Å²) in [6.45, 7) is 1.57. The Kier molecular flexibility index (Phi) is 5.07. The Balaban J connectivity index is 1.57. The van der Waals surface area contributed by atoms with E-state index in [1.807, 2.05) is 53.4 Å². The lowest BCUT2D eigenvalue weighted by molar-refractivity contribution is -0.131. The van der Waals surface area contributed by atoms with Gasteiger partial charge in [0.05, 0.1) is 13.0 Å². The summed E-state index contributed by atoms with van der Waals surface area (Å²) in [7, 11) is 0. The first-order chi connectivity index (χ1) is 13.2. The van der Waals surface area contributed by atoms with Crippen molar-refractivity contribution in [1.82, 2.24) is 9.88 Å². The molecule has 1 aromatic heterocycles. The lowest BCUT2D eigenvalue weighted by Crippen LogP contribution is -2.33. The summed E-state index contributed by atoms with van der Waals surface area (Å²) in [5.74, 6) is 0.884. The SMILES string of the molecule is O=C(Cc1ccccc1Cl)N1CCOc2ccc(-c3ccncc3)cc2C1. The predicted molar refractivity (Wildman–Crippen MR) is 106 cm³/mol. The first-order valence-electron chi connectivity index (χ1n) is 8.88. The van der Waals surface area contributed by atoms with E-state index in [1.54, 1.807) is 12.4 Å². The van der Waals surface area contributed by atoms with Gasteiger partial charge < -0.3 is 9.64 Å². The summed E-state index contributed by atoms with van der Waals surface area (Å²) < 4.78 is 5.86. The molecule has 2 heterocycles. The number of fused-ring (bicyclic) bond motifs is 1. The van der Waals surface area contributed by atoms with Crippen LogP contribution in [0, 0.1) is 0 Å². The predicted octanol–water partition coefficient (Wildman–Crippen LogP) is 4.37. The summed E-state index contributed by atoms with van der Waals surface area (Å²) in [5, 5.41) is 0.622. The number of carbonyl (C=O) groups excluding carboxylic acids is 1. The van der Waals surface area contributed by atoms with Gasteiger partial charge in [0, 0.05) is 29.5 Å². The van der Waals surface area contributed by atoms with Crippen molar-refractivity contribution in [3.05, 3.63) is 83.1 Å². The molecule has 0 saturated carbocycles.